The Labute approximate surface area is 157 Å². The lowest BCUT2D eigenvalue weighted by molar-refractivity contribution is -0.108. The first-order valence-corrected chi connectivity index (χ1v) is 9.74. The van der Waals surface area contributed by atoms with Crippen LogP contribution in [0, 0.1) is 0 Å². The minimum atomic E-state index is 0.211. The van der Waals surface area contributed by atoms with E-state index in [4.69, 9.17) is 5.73 Å². The quantitative estimate of drug-likeness (QED) is 0.605. The van der Waals surface area contributed by atoms with Crippen molar-refractivity contribution in [1.29, 1.82) is 0 Å². The molecule has 3 rings (SSSR count). The standard InChI is InChI=1S/C23H30N2O/c1-25-21(12-5-6-15-26)13-14-22(24)23(25)17-18-8-7-11-20(16-18)19-9-3-2-4-10-19/h2-4,7-11,15-16,21-23H,5-6,12-14,17,24H2,1H3. The Morgan fingerprint density at radius 1 is 1.08 bits per heavy atom. The second-order valence-corrected chi connectivity index (χ2v) is 7.50. The van der Waals surface area contributed by atoms with E-state index in [1.807, 2.05) is 6.07 Å². The van der Waals surface area contributed by atoms with Gasteiger partial charge in [-0.2, -0.15) is 0 Å². The van der Waals surface area contributed by atoms with Crippen LogP contribution < -0.4 is 5.73 Å². The zero-order valence-electron chi connectivity index (χ0n) is 15.7. The number of hydrogen-bond donors (Lipinski definition) is 1. The highest BCUT2D eigenvalue weighted by atomic mass is 16.1. The fourth-order valence-electron chi connectivity index (χ4n) is 4.18. The normalized spacial score (nSPS) is 23.7. The van der Waals surface area contributed by atoms with Crippen molar-refractivity contribution in [2.75, 3.05) is 7.05 Å². The van der Waals surface area contributed by atoms with Gasteiger partial charge in [0.2, 0.25) is 0 Å². The topological polar surface area (TPSA) is 46.3 Å². The molecule has 1 saturated heterocycles. The first-order chi connectivity index (χ1) is 12.7. The molecule has 0 aliphatic carbocycles. The molecule has 3 nitrogen and oxygen atoms in total. The summed E-state index contributed by atoms with van der Waals surface area (Å²) in [5.41, 5.74) is 10.3. The molecule has 1 fully saturated rings. The number of nitrogens with two attached hydrogens (primary N) is 1. The molecule has 0 spiro atoms. The number of piperidine rings is 1. The van der Waals surface area contributed by atoms with Gasteiger partial charge >= 0.3 is 0 Å². The summed E-state index contributed by atoms with van der Waals surface area (Å²) in [5, 5.41) is 0. The molecule has 0 aromatic heterocycles. The van der Waals surface area contributed by atoms with Crippen molar-refractivity contribution in [3.05, 3.63) is 60.2 Å². The maximum absolute atomic E-state index is 10.6. The molecule has 1 aliphatic heterocycles. The summed E-state index contributed by atoms with van der Waals surface area (Å²) < 4.78 is 0. The van der Waals surface area contributed by atoms with Crippen LogP contribution in [-0.2, 0) is 11.2 Å². The molecule has 1 aliphatic rings. The lowest BCUT2D eigenvalue weighted by Crippen LogP contribution is -2.55. The van der Waals surface area contributed by atoms with Crippen LogP contribution in [0.25, 0.3) is 11.1 Å². The average molecular weight is 351 g/mol. The number of aldehydes is 1. The largest absolute Gasteiger partial charge is 0.326 e. The molecule has 1 heterocycles. The molecule has 3 unspecified atom stereocenters. The fourth-order valence-corrected chi connectivity index (χ4v) is 4.18. The van der Waals surface area contributed by atoms with Crippen molar-refractivity contribution in [1.82, 2.24) is 4.90 Å². The smallest absolute Gasteiger partial charge is 0.119 e. The van der Waals surface area contributed by atoms with Crippen molar-refractivity contribution in [3.8, 4) is 11.1 Å². The van der Waals surface area contributed by atoms with Crippen LogP contribution in [0.4, 0.5) is 0 Å². The van der Waals surface area contributed by atoms with Crippen molar-refractivity contribution in [2.24, 2.45) is 5.73 Å². The van der Waals surface area contributed by atoms with Gasteiger partial charge in [0.1, 0.15) is 6.29 Å². The van der Waals surface area contributed by atoms with Crippen LogP contribution in [0.15, 0.2) is 54.6 Å². The SMILES string of the molecule is CN1C(CCCC=O)CCC(N)C1Cc1cccc(-c2ccccc2)c1. The van der Waals surface area contributed by atoms with E-state index in [2.05, 4.69) is 60.5 Å². The Morgan fingerprint density at radius 2 is 1.85 bits per heavy atom. The summed E-state index contributed by atoms with van der Waals surface area (Å²) in [6.45, 7) is 0. The predicted octanol–water partition coefficient (Wildman–Crippen LogP) is 4.06. The summed E-state index contributed by atoms with van der Waals surface area (Å²) in [4.78, 5) is 13.1. The van der Waals surface area contributed by atoms with E-state index < -0.39 is 0 Å². The van der Waals surface area contributed by atoms with Gasteiger partial charge < -0.3 is 10.5 Å². The number of rotatable bonds is 7. The Hall–Kier alpha value is -1.97. The summed E-state index contributed by atoms with van der Waals surface area (Å²) in [5.74, 6) is 0. The number of hydrogen-bond acceptors (Lipinski definition) is 3. The van der Waals surface area contributed by atoms with E-state index in [1.54, 1.807) is 0 Å². The van der Waals surface area contributed by atoms with E-state index in [0.717, 1.165) is 38.4 Å². The summed E-state index contributed by atoms with van der Waals surface area (Å²) in [7, 11) is 2.20. The van der Waals surface area contributed by atoms with Gasteiger partial charge in [0.25, 0.3) is 0 Å². The van der Waals surface area contributed by atoms with Gasteiger partial charge in [-0.1, -0.05) is 54.6 Å². The van der Waals surface area contributed by atoms with Gasteiger partial charge in [-0.25, -0.2) is 0 Å². The number of nitrogens with zero attached hydrogens (tertiary/aromatic N) is 1. The van der Waals surface area contributed by atoms with Gasteiger partial charge in [-0.05, 0) is 55.8 Å². The molecular weight excluding hydrogens is 320 g/mol. The molecule has 0 amide bonds. The van der Waals surface area contributed by atoms with Gasteiger partial charge in [0.15, 0.2) is 0 Å². The molecule has 2 N–H and O–H groups in total. The Morgan fingerprint density at radius 3 is 2.62 bits per heavy atom. The minimum Gasteiger partial charge on any atom is -0.326 e. The highest BCUT2D eigenvalue weighted by Crippen LogP contribution is 2.28. The molecule has 2 aromatic rings. The summed E-state index contributed by atoms with van der Waals surface area (Å²) in [6, 6.07) is 20.5. The zero-order valence-corrected chi connectivity index (χ0v) is 15.7. The lowest BCUT2D eigenvalue weighted by atomic mass is 9.86. The third kappa shape index (κ3) is 4.60. The highest BCUT2D eigenvalue weighted by molar-refractivity contribution is 5.64. The number of likely N-dealkylation sites (tertiary alicyclic amines) is 1. The van der Waals surface area contributed by atoms with E-state index in [-0.39, 0.29) is 6.04 Å². The van der Waals surface area contributed by atoms with Crippen LogP contribution in [0.3, 0.4) is 0 Å². The number of carbonyl (C=O) groups excluding carboxylic acids is 1. The van der Waals surface area contributed by atoms with Gasteiger partial charge in [0, 0.05) is 24.5 Å². The molecule has 3 heteroatoms. The van der Waals surface area contributed by atoms with Crippen molar-refractivity contribution in [3.63, 3.8) is 0 Å². The lowest BCUT2D eigenvalue weighted by Gasteiger charge is -2.43. The van der Waals surface area contributed by atoms with Crippen LogP contribution in [0.5, 0.6) is 0 Å². The molecule has 138 valence electrons. The second kappa shape index (κ2) is 9.11. The maximum Gasteiger partial charge on any atom is 0.119 e. The minimum absolute atomic E-state index is 0.211. The monoisotopic (exact) mass is 350 g/mol. The maximum atomic E-state index is 10.6. The van der Waals surface area contributed by atoms with E-state index in [1.165, 1.54) is 16.7 Å². The molecule has 0 bridgehead atoms. The summed E-state index contributed by atoms with van der Waals surface area (Å²) in [6.07, 6.45) is 6.94. The summed E-state index contributed by atoms with van der Waals surface area (Å²) >= 11 is 0. The van der Waals surface area contributed by atoms with Gasteiger partial charge in [-0.15, -0.1) is 0 Å². The van der Waals surface area contributed by atoms with Crippen molar-refractivity contribution in [2.45, 2.75) is 56.7 Å². The van der Waals surface area contributed by atoms with E-state index in [9.17, 15) is 4.79 Å². The number of carbonyl (C=O) groups is 1. The van der Waals surface area contributed by atoms with E-state index in [0.29, 0.717) is 18.5 Å². The van der Waals surface area contributed by atoms with Crippen LogP contribution >= 0.6 is 0 Å². The van der Waals surface area contributed by atoms with Crippen molar-refractivity contribution >= 4 is 6.29 Å². The van der Waals surface area contributed by atoms with Crippen LogP contribution in [-0.4, -0.2) is 36.4 Å². The highest BCUT2D eigenvalue weighted by Gasteiger charge is 2.32. The molecular formula is C23H30N2O. The second-order valence-electron chi connectivity index (χ2n) is 7.50. The molecule has 0 radical (unpaired) electrons. The average Bonchev–Trinajstić information content (AvgIpc) is 2.68. The first-order valence-electron chi connectivity index (χ1n) is 9.74. The molecule has 3 atom stereocenters. The third-order valence-corrected chi connectivity index (χ3v) is 5.76. The van der Waals surface area contributed by atoms with Gasteiger partial charge in [0.05, 0.1) is 0 Å². The number of likely N-dealkylation sites (N-methyl/N-ethyl adjacent to an activating group) is 1. The fraction of sp³-hybridized carbons (Fsp3) is 0.435. The van der Waals surface area contributed by atoms with E-state index >= 15 is 0 Å². The van der Waals surface area contributed by atoms with Crippen LogP contribution in [0.1, 0.15) is 37.7 Å². The molecule has 2 aromatic carbocycles. The third-order valence-electron chi connectivity index (χ3n) is 5.76. The number of unbranched alkanes of at least 4 members (excludes halogenated alkanes) is 1. The molecule has 0 saturated carbocycles. The predicted molar refractivity (Wildman–Crippen MR) is 108 cm³/mol. The van der Waals surface area contributed by atoms with Crippen molar-refractivity contribution < 1.29 is 4.79 Å². The number of benzene rings is 2. The Bertz CT molecular complexity index is 700. The van der Waals surface area contributed by atoms with Gasteiger partial charge in [-0.3, -0.25) is 4.90 Å². The Kier molecular flexibility index (Phi) is 6.59. The first kappa shape index (κ1) is 18.8. The zero-order chi connectivity index (χ0) is 18.4. The van der Waals surface area contributed by atoms with Crippen LogP contribution in [0.2, 0.25) is 0 Å². The molecule has 26 heavy (non-hydrogen) atoms. The Balaban J connectivity index is 1.71.